The van der Waals surface area contributed by atoms with Crippen molar-refractivity contribution in [1.82, 2.24) is 9.78 Å². The smallest absolute Gasteiger partial charge is 0.276 e. The third-order valence-electron chi connectivity index (χ3n) is 2.91. The summed E-state index contributed by atoms with van der Waals surface area (Å²) >= 11 is 3.20. The fourth-order valence-corrected chi connectivity index (χ4v) is 2.36. The first-order chi connectivity index (χ1) is 9.45. The molecule has 0 saturated carbocycles. The normalized spacial score (nSPS) is 10.6. The Bertz CT molecular complexity index is 648. The lowest BCUT2D eigenvalue weighted by molar-refractivity contribution is 0.101. The molecule has 1 amide bonds. The van der Waals surface area contributed by atoms with E-state index >= 15 is 0 Å². The van der Waals surface area contributed by atoms with Crippen molar-refractivity contribution in [2.75, 3.05) is 11.1 Å². The average molecular weight is 341 g/mol. The molecule has 0 radical (unpaired) electrons. The van der Waals surface area contributed by atoms with Gasteiger partial charge in [-0.05, 0) is 34.5 Å². The Hall–Kier alpha value is -1.89. The highest BCUT2D eigenvalue weighted by atomic mass is 79.9. The highest BCUT2D eigenvalue weighted by molar-refractivity contribution is 9.10. The van der Waals surface area contributed by atoms with Crippen LogP contribution in [0.1, 0.15) is 23.1 Å². The number of carbonyl (C=O) groups is 1. The first kappa shape index (κ1) is 14.5. The van der Waals surface area contributed by atoms with Crippen molar-refractivity contribution in [3.63, 3.8) is 0 Å². The topological polar surface area (TPSA) is 72.9 Å². The van der Waals surface area contributed by atoms with E-state index in [0.717, 1.165) is 0 Å². The van der Waals surface area contributed by atoms with Gasteiger partial charge in [-0.2, -0.15) is 5.10 Å². The summed E-state index contributed by atoms with van der Waals surface area (Å²) < 4.78 is 15.6. The third kappa shape index (κ3) is 2.53. The second-order valence-electron chi connectivity index (χ2n) is 4.24. The largest absolute Gasteiger partial charge is 0.395 e. The van der Waals surface area contributed by atoms with Gasteiger partial charge in [-0.25, -0.2) is 4.39 Å². The first-order valence-electron chi connectivity index (χ1n) is 6.02. The van der Waals surface area contributed by atoms with Crippen LogP contribution in [-0.2, 0) is 13.5 Å². The molecule has 0 bridgehead atoms. The van der Waals surface area contributed by atoms with Gasteiger partial charge in [0.05, 0.1) is 17.1 Å². The van der Waals surface area contributed by atoms with Crippen LogP contribution < -0.4 is 11.1 Å². The quantitative estimate of drug-likeness (QED) is 0.902. The summed E-state index contributed by atoms with van der Waals surface area (Å²) in [4.78, 5) is 12.3. The molecule has 0 aliphatic carbocycles. The summed E-state index contributed by atoms with van der Waals surface area (Å²) in [6, 6.07) is 4.45. The fraction of sp³-hybridized carbons (Fsp3) is 0.231. The Morgan fingerprint density at radius 1 is 1.55 bits per heavy atom. The second kappa shape index (κ2) is 5.62. The summed E-state index contributed by atoms with van der Waals surface area (Å²) in [6.07, 6.45) is 0.621. The summed E-state index contributed by atoms with van der Waals surface area (Å²) in [5, 5.41) is 6.67. The van der Waals surface area contributed by atoms with Gasteiger partial charge in [-0.3, -0.25) is 9.48 Å². The Kier molecular flexibility index (Phi) is 4.08. The number of nitrogens with zero attached hydrogens (tertiary/aromatic N) is 2. The molecule has 5 nitrogen and oxygen atoms in total. The molecule has 2 aromatic rings. The molecule has 1 aromatic heterocycles. The highest BCUT2D eigenvalue weighted by Crippen LogP contribution is 2.26. The molecule has 3 N–H and O–H groups in total. The number of rotatable bonds is 3. The predicted molar refractivity (Wildman–Crippen MR) is 79.1 cm³/mol. The Labute approximate surface area is 124 Å². The minimum atomic E-state index is -0.524. The Morgan fingerprint density at radius 3 is 2.80 bits per heavy atom. The fourth-order valence-electron chi connectivity index (χ4n) is 1.92. The van der Waals surface area contributed by atoms with Crippen molar-refractivity contribution in [3.8, 4) is 0 Å². The molecule has 0 saturated heterocycles. The van der Waals surface area contributed by atoms with E-state index in [0.29, 0.717) is 22.3 Å². The van der Waals surface area contributed by atoms with Crippen molar-refractivity contribution < 1.29 is 9.18 Å². The van der Waals surface area contributed by atoms with E-state index < -0.39 is 11.7 Å². The van der Waals surface area contributed by atoms with E-state index in [2.05, 4.69) is 26.3 Å². The van der Waals surface area contributed by atoms with Crippen LogP contribution in [0, 0.1) is 5.82 Å². The summed E-state index contributed by atoms with van der Waals surface area (Å²) in [6.45, 7) is 1.90. The van der Waals surface area contributed by atoms with Gasteiger partial charge in [-0.1, -0.05) is 13.0 Å². The molecule has 20 heavy (non-hydrogen) atoms. The third-order valence-corrected chi connectivity index (χ3v) is 3.57. The number of anilines is 2. The Morgan fingerprint density at radius 2 is 2.25 bits per heavy atom. The standard InChI is InChI=1S/C13H14BrFN4O/c1-3-9-10(16)12(19(2)18-9)13(20)17-11-7(14)5-4-6-8(11)15/h4-6H,3,16H2,1-2H3,(H,17,20). The zero-order valence-electron chi connectivity index (χ0n) is 11.1. The number of nitrogens with one attached hydrogen (secondary N) is 1. The summed E-state index contributed by atoms with van der Waals surface area (Å²) in [7, 11) is 1.63. The van der Waals surface area contributed by atoms with Crippen molar-refractivity contribution in [3.05, 3.63) is 39.9 Å². The van der Waals surface area contributed by atoms with Gasteiger partial charge >= 0.3 is 0 Å². The lowest BCUT2D eigenvalue weighted by Crippen LogP contribution is -2.18. The maximum absolute atomic E-state index is 13.7. The van der Waals surface area contributed by atoms with Crippen LogP contribution in [0.2, 0.25) is 0 Å². The molecule has 106 valence electrons. The van der Waals surface area contributed by atoms with Crippen LogP contribution in [0.3, 0.4) is 0 Å². The van der Waals surface area contributed by atoms with E-state index in [4.69, 9.17) is 5.73 Å². The highest BCUT2D eigenvalue weighted by Gasteiger charge is 2.20. The number of nitrogen functional groups attached to an aromatic ring is 1. The van der Waals surface area contributed by atoms with Gasteiger partial charge in [0, 0.05) is 11.5 Å². The van der Waals surface area contributed by atoms with Crippen molar-refractivity contribution in [2.45, 2.75) is 13.3 Å². The number of aromatic nitrogens is 2. The van der Waals surface area contributed by atoms with E-state index in [-0.39, 0.29) is 11.4 Å². The number of nitrogens with two attached hydrogens (primary N) is 1. The number of halogens is 2. The molecule has 0 fully saturated rings. The van der Waals surface area contributed by atoms with E-state index in [1.165, 1.54) is 10.7 Å². The molecule has 0 unspecified atom stereocenters. The minimum absolute atomic E-state index is 0.0798. The molecule has 7 heteroatoms. The maximum Gasteiger partial charge on any atom is 0.276 e. The van der Waals surface area contributed by atoms with Crippen LogP contribution in [0.15, 0.2) is 22.7 Å². The molecule has 0 atom stereocenters. The van der Waals surface area contributed by atoms with Gasteiger partial charge < -0.3 is 11.1 Å². The van der Waals surface area contributed by atoms with Crippen LogP contribution in [0.25, 0.3) is 0 Å². The molecule has 0 spiro atoms. The second-order valence-corrected chi connectivity index (χ2v) is 5.09. The van der Waals surface area contributed by atoms with Crippen LogP contribution in [0.5, 0.6) is 0 Å². The minimum Gasteiger partial charge on any atom is -0.395 e. The summed E-state index contributed by atoms with van der Waals surface area (Å²) in [5.41, 5.74) is 7.16. The number of amides is 1. The number of hydrogen-bond acceptors (Lipinski definition) is 3. The number of benzene rings is 1. The zero-order chi connectivity index (χ0) is 14.9. The Balaban J connectivity index is 2.36. The monoisotopic (exact) mass is 340 g/mol. The molecule has 0 aliphatic rings. The molecule has 0 aliphatic heterocycles. The van der Waals surface area contributed by atoms with Crippen molar-refractivity contribution in [1.29, 1.82) is 0 Å². The number of carbonyl (C=O) groups excluding carboxylic acids is 1. The number of para-hydroxylation sites is 1. The lowest BCUT2D eigenvalue weighted by atomic mass is 10.2. The molecular weight excluding hydrogens is 327 g/mol. The van der Waals surface area contributed by atoms with Gasteiger partial charge in [0.15, 0.2) is 0 Å². The van der Waals surface area contributed by atoms with Gasteiger partial charge in [0.25, 0.3) is 5.91 Å². The molecular formula is C13H14BrFN4O. The van der Waals surface area contributed by atoms with Crippen LogP contribution >= 0.6 is 15.9 Å². The van der Waals surface area contributed by atoms with E-state index in [9.17, 15) is 9.18 Å². The molecule has 2 rings (SSSR count). The van der Waals surface area contributed by atoms with Gasteiger partial charge in [0.1, 0.15) is 11.5 Å². The maximum atomic E-state index is 13.7. The lowest BCUT2D eigenvalue weighted by Gasteiger charge is -2.09. The van der Waals surface area contributed by atoms with E-state index in [1.807, 2.05) is 6.92 Å². The van der Waals surface area contributed by atoms with Gasteiger partial charge in [0.2, 0.25) is 0 Å². The van der Waals surface area contributed by atoms with E-state index in [1.54, 1.807) is 19.2 Å². The predicted octanol–water partition coefficient (Wildman–Crippen LogP) is 2.72. The van der Waals surface area contributed by atoms with Crippen LogP contribution in [0.4, 0.5) is 15.8 Å². The van der Waals surface area contributed by atoms with Gasteiger partial charge in [-0.15, -0.1) is 0 Å². The van der Waals surface area contributed by atoms with Crippen LogP contribution in [-0.4, -0.2) is 15.7 Å². The number of aryl methyl sites for hydroxylation is 2. The first-order valence-corrected chi connectivity index (χ1v) is 6.81. The molecule has 1 heterocycles. The zero-order valence-corrected chi connectivity index (χ0v) is 12.7. The SMILES string of the molecule is CCc1nn(C)c(C(=O)Nc2c(F)cccc2Br)c1N. The summed E-state index contributed by atoms with van der Waals surface area (Å²) in [5.74, 6) is -1.02. The molecule has 1 aromatic carbocycles. The van der Waals surface area contributed by atoms with Crippen molar-refractivity contribution in [2.24, 2.45) is 7.05 Å². The average Bonchev–Trinajstić information content (AvgIpc) is 2.68. The van der Waals surface area contributed by atoms with Crippen molar-refractivity contribution >= 4 is 33.2 Å². The number of hydrogen-bond donors (Lipinski definition) is 2.